The summed E-state index contributed by atoms with van der Waals surface area (Å²) >= 11 is 1.21. The fourth-order valence-electron chi connectivity index (χ4n) is 1.72. The lowest BCUT2D eigenvalue weighted by Crippen LogP contribution is -2.25. The number of aromatic nitrogens is 1. The van der Waals surface area contributed by atoms with Crippen LogP contribution in [0.5, 0.6) is 0 Å². The summed E-state index contributed by atoms with van der Waals surface area (Å²) in [5.74, 6) is -0.396. The Morgan fingerprint density at radius 2 is 1.83 bits per heavy atom. The minimum absolute atomic E-state index is 0.145. The predicted molar refractivity (Wildman–Crippen MR) is 88.4 cm³/mol. The van der Waals surface area contributed by atoms with Gasteiger partial charge in [0.05, 0.1) is 11.5 Å². The zero-order valence-electron chi connectivity index (χ0n) is 12.3. The van der Waals surface area contributed by atoms with Crippen molar-refractivity contribution in [3.63, 3.8) is 0 Å². The lowest BCUT2D eigenvalue weighted by atomic mass is 10.3. The maximum Gasteiger partial charge on any atom is 0.234 e. The van der Waals surface area contributed by atoms with Crippen molar-refractivity contribution in [3.8, 4) is 0 Å². The Balaban J connectivity index is 1.63. The SMILES string of the molecule is O=C(CSCC(=O)Nc1ccc(F)cc1)NCc1cccnc1. The number of hydrogen-bond donors (Lipinski definition) is 2. The van der Waals surface area contributed by atoms with E-state index in [2.05, 4.69) is 15.6 Å². The van der Waals surface area contributed by atoms with E-state index in [-0.39, 0.29) is 29.1 Å². The molecule has 2 N–H and O–H groups in total. The van der Waals surface area contributed by atoms with Crippen molar-refractivity contribution >= 4 is 29.3 Å². The first kappa shape index (κ1) is 17.0. The van der Waals surface area contributed by atoms with Gasteiger partial charge in [-0.25, -0.2) is 4.39 Å². The van der Waals surface area contributed by atoms with Gasteiger partial charge in [-0.15, -0.1) is 11.8 Å². The number of halogens is 1. The number of hydrogen-bond acceptors (Lipinski definition) is 4. The molecule has 0 aliphatic rings. The quantitative estimate of drug-likeness (QED) is 0.815. The van der Waals surface area contributed by atoms with Crippen LogP contribution in [0.2, 0.25) is 0 Å². The Hall–Kier alpha value is -2.41. The number of carbonyl (C=O) groups excluding carboxylic acids is 2. The maximum atomic E-state index is 12.7. The lowest BCUT2D eigenvalue weighted by Gasteiger charge is -2.06. The van der Waals surface area contributed by atoms with E-state index in [1.807, 2.05) is 6.07 Å². The highest BCUT2D eigenvalue weighted by Gasteiger charge is 2.06. The van der Waals surface area contributed by atoms with Crippen LogP contribution >= 0.6 is 11.8 Å². The summed E-state index contributed by atoms with van der Waals surface area (Å²) in [6, 6.07) is 9.19. The molecule has 120 valence electrons. The van der Waals surface area contributed by atoms with Crippen molar-refractivity contribution in [3.05, 3.63) is 60.2 Å². The van der Waals surface area contributed by atoms with E-state index in [9.17, 15) is 14.0 Å². The first-order valence-corrected chi connectivity index (χ1v) is 8.08. The van der Waals surface area contributed by atoms with Crippen LogP contribution in [-0.2, 0) is 16.1 Å². The molecule has 0 bridgehead atoms. The molecule has 2 aromatic rings. The van der Waals surface area contributed by atoms with Crippen molar-refractivity contribution in [2.45, 2.75) is 6.54 Å². The fourth-order valence-corrected chi connectivity index (χ4v) is 2.37. The van der Waals surface area contributed by atoms with Crippen LogP contribution in [-0.4, -0.2) is 28.3 Å². The molecule has 0 aliphatic carbocycles. The smallest absolute Gasteiger partial charge is 0.234 e. The summed E-state index contributed by atoms with van der Waals surface area (Å²) in [4.78, 5) is 27.3. The highest BCUT2D eigenvalue weighted by Crippen LogP contribution is 2.09. The second-order valence-electron chi connectivity index (χ2n) is 4.69. The summed E-state index contributed by atoms with van der Waals surface area (Å²) < 4.78 is 12.7. The van der Waals surface area contributed by atoms with Gasteiger partial charge in [-0.2, -0.15) is 0 Å². The molecule has 0 unspecified atom stereocenters. The zero-order valence-corrected chi connectivity index (χ0v) is 13.1. The maximum absolute atomic E-state index is 12.7. The molecule has 0 spiro atoms. The second-order valence-corrected chi connectivity index (χ2v) is 5.67. The van der Waals surface area contributed by atoms with Crippen LogP contribution in [0.4, 0.5) is 10.1 Å². The number of amides is 2. The Labute approximate surface area is 137 Å². The Bertz CT molecular complexity index is 650. The Kier molecular flexibility index (Phi) is 6.56. The fraction of sp³-hybridized carbons (Fsp3) is 0.188. The van der Waals surface area contributed by atoms with Gasteiger partial charge in [0.15, 0.2) is 0 Å². The van der Waals surface area contributed by atoms with Gasteiger partial charge in [0.25, 0.3) is 0 Å². The molecular weight excluding hydrogens is 317 g/mol. The zero-order chi connectivity index (χ0) is 16.5. The van der Waals surface area contributed by atoms with Crippen molar-refractivity contribution in [2.24, 2.45) is 0 Å². The largest absolute Gasteiger partial charge is 0.351 e. The summed E-state index contributed by atoms with van der Waals surface area (Å²) in [7, 11) is 0. The first-order valence-electron chi connectivity index (χ1n) is 6.92. The van der Waals surface area contributed by atoms with Gasteiger partial charge >= 0.3 is 0 Å². The summed E-state index contributed by atoms with van der Waals surface area (Å²) in [5.41, 5.74) is 1.44. The highest BCUT2D eigenvalue weighted by atomic mass is 32.2. The Morgan fingerprint density at radius 3 is 2.52 bits per heavy atom. The Morgan fingerprint density at radius 1 is 1.09 bits per heavy atom. The topological polar surface area (TPSA) is 71.1 Å². The molecule has 2 amide bonds. The monoisotopic (exact) mass is 333 g/mol. The molecule has 7 heteroatoms. The average Bonchev–Trinajstić information content (AvgIpc) is 2.56. The van der Waals surface area contributed by atoms with Gasteiger partial charge < -0.3 is 10.6 Å². The molecule has 0 fully saturated rings. The van der Waals surface area contributed by atoms with E-state index >= 15 is 0 Å². The number of rotatable bonds is 7. The highest BCUT2D eigenvalue weighted by molar-refractivity contribution is 8.00. The van der Waals surface area contributed by atoms with Crippen molar-refractivity contribution < 1.29 is 14.0 Å². The molecule has 0 saturated carbocycles. The third-order valence-electron chi connectivity index (χ3n) is 2.81. The number of thioether (sulfide) groups is 1. The summed E-state index contributed by atoms with van der Waals surface area (Å²) in [5, 5.41) is 5.39. The van der Waals surface area contributed by atoms with Crippen LogP contribution < -0.4 is 10.6 Å². The number of anilines is 1. The molecule has 5 nitrogen and oxygen atoms in total. The molecular formula is C16H16FN3O2S. The van der Waals surface area contributed by atoms with Gasteiger partial charge in [-0.05, 0) is 35.9 Å². The van der Waals surface area contributed by atoms with Crippen LogP contribution in [0.3, 0.4) is 0 Å². The van der Waals surface area contributed by atoms with Crippen LogP contribution in [0.15, 0.2) is 48.8 Å². The number of benzene rings is 1. The normalized spacial score (nSPS) is 10.1. The van der Waals surface area contributed by atoms with E-state index in [1.165, 1.54) is 36.0 Å². The van der Waals surface area contributed by atoms with E-state index in [0.29, 0.717) is 12.2 Å². The molecule has 0 aliphatic heterocycles. The average molecular weight is 333 g/mol. The number of carbonyl (C=O) groups is 2. The molecule has 0 radical (unpaired) electrons. The van der Waals surface area contributed by atoms with Crippen molar-refractivity contribution in [1.29, 1.82) is 0 Å². The number of nitrogens with one attached hydrogen (secondary N) is 2. The van der Waals surface area contributed by atoms with Gasteiger partial charge in [0, 0.05) is 24.6 Å². The summed E-state index contributed by atoms with van der Waals surface area (Å²) in [6.45, 7) is 0.412. The van der Waals surface area contributed by atoms with Gasteiger partial charge in [0.2, 0.25) is 11.8 Å². The van der Waals surface area contributed by atoms with Gasteiger partial charge in [-0.3, -0.25) is 14.6 Å². The third kappa shape index (κ3) is 6.48. The molecule has 0 atom stereocenters. The molecule has 0 saturated heterocycles. The molecule has 1 heterocycles. The molecule has 1 aromatic heterocycles. The molecule has 1 aromatic carbocycles. The first-order chi connectivity index (χ1) is 11.1. The van der Waals surface area contributed by atoms with E-state index in [4.69, 9.17) is 0 Å². The van der Waals surface area contributed by atoms with Crippen molar-refractivity contribution in [2.75, 3.05) is 16.8 Å². The number of pyridine rings is 1. The number of nitrogens with zero attached hydrogens (tertiary/aromatic N) is 1. The minimum Gasteiger partial charge on any atom is -0.351 e. The predicted octanol–water partition coefficient (Wildman–Crippen LogP) is 2.21. The van der Waals surface area contributed by atoms with Gasteiger partial charge in [0.1, 0.15) is 5.82 Å². The van der Waals surface area contributed by atoms with E-state index in [0.717, 1.165) is 5.56 Å². The lowest BCUT2D eigenvalue weighted by molar-refractivity contribution is -0.118. The van der Waals surface area contributed by atoms with E-state index < -0.39 is 0 Å². The van der Waals surface area contributed by atoms with Crippen LogP contribution in [0, 0.1) is 5.82 Å². The second kappa shape index (κ2) is 8.89. The minimum atomic E-state index is -0.359. The van der Waals surface area contributed by atoms with Gasteiger partial charge in [-0.1, -0.05) is 6.07 Å². The molecule has 2 rings (SSSR count). The van der Waals surface area contributed by atoms with Crippen molar-refractivity contribution in [1.82, 2.24) is 10.3 Å². The van der Waals surface area contributed by atoms with E-state index in [1.54, 1.807) is 18.5 Å². The van der Waals surface area contributed by atoms with Crippen LogP contribution in [0.1, 0.15) is 5.56 Å². The summed E-state index contributed by atoms with van der Waals surface area (Å²) in [6.07, 6.45) is 3.35. The molecule has 23 heavy (non-hydrogen) atoms. The third-order valence-corrected chi connectivity index (χ3v) is 3.74. The standard InChI is InChI=1S/C16H16FN3O2S/c17-13-3-5-14(6-4-13)20-16(22)11-23-10-15(21)19-9-12-2-1-7-18-8-12/h1-8H,9-11H2,(H,19,21)(H,20,22). The van der Waals surface area contributed by atoms with Crippen LogP contribution in [0.25, 0.3) is 0 Å².